The average molecular weight is 385 g/mol. The van der Waals surface area contributed by atoms with Gasteiger partial charge in [-0.25, -0.2) is 4.58 Å². The predicted octanol–water partition coefficient (Wildman–Crippen LogP) is 6.65. The minimum Gasteiger partial charge on any atom is -0.227 e. The molecule has 1 saturated heterocycles. The van der Waals surface area contributed by atoms with E-state index in [1.165, 1.54) is 32.1 Å². The van der Waals surface area contributed by atoms with Gasteiger partial charge in [0.05, 0.1) is 5.41 Å². The van der Waals surface area contributed by atoms with Crippen molar-refractivity contribution in [3.8, 4) is 0 Å². The second-order valence-corrected chi connectivity index (χ2v) is 12.8. The molecule has 28 heavy (non-hydrogen) atoms. The van der Waals surface area contributed by atoms with Crippen molar-refractivity contribution in [3.05, 3.63) is 0 Å². The van der Waals surface area contributed by atoms with Crippen LogP contribution in [0.3, 0.4) is 0 Å². The molecule has 2 aliphatic heterocycles. The van der Waals surface area contributed by atoms with Crippen molar-refractivity contribution < 1.29 is 4.58 Å². The fourth-order valence-corrected chi connectivity index (χ4v) is 10.2. The molecule has 1 nitrogen and oxygen atoms in total. The first-order chi connectivity index (χ1) is 13.1. The highest BCUT2D eigenvalue weighted by molar-refractivity contribution is 5.87. The Labute approximate surface area is 174 Å². The molecule has 10 unspecified atom stereocenters. The molecular weight excluding hydrogens is 338 g/mol. The summed E-state index contributed by atoms with van der Waals surface area (Å²) in [6, 6.07) is 0.771. The van der Waals surface area contributed by atoms with Crippen molar-refractivity contribution in [2.24, 2.45) is 58.2 Å². The highest BCUT2D eigenvalue weighted by Crippen LogP contribution is 2.77. The highest BCUT2D eigenvalue weighted by Gasteiger charge is 2.89. The number of nitrogens with zero attached hydrogens (tertiary/aromatic N) is 1. The predicted molar refractivity (Wildman–Crippen MR) is 119 cm³/mol. The highest BCUT2D eigenvalue weighted by atomic mass is 15.3. The van der Waals surface area contributed by atoms with Crippen LogP contribution in [-0.2, 0) is 0 Å². The van der Waals surface area contributed by atoms with Crippen LogP contribution in [0.15, 0.2) is 0 Å². The fourth-order valence-electron chi connectivity index (χ4n) is 10.2. The summed E-state index contributed by atoms with van der Waals surface area (Å²) < 4.78 is 3.10. The monoisotopic (exact) mass is 384 g/mol. The molecule has 0 radical (unpaired) electrons. The maximum atomic E-state index is 3.10. The van der Waals surface area contributed by atoms with Gasteiger partial charge in [0.25, 0.3) is 0 Å². The average Bonchev–Trinajstić information content (AvgIpc) is 2.84. The van der Waals surface area contributed by atoms with E-state index in [4.69, 9.17) is 0 Å². The molecule has 0 amide bonds. The molecule has 158 valence electrons. The third kappa shape index (κ3) is 1.86. The minimum absolute atomic E-state index is 0.502. The van der Waals surface area contributed by atoms with Gasteiger partial charge in [-0.05, 0) is 41.9 Å². The zero-order valence-electron chi connectivity index (χ0n) is 20.2. The van der Waals surface area contributed by atoms with Gasteiger partial charge in [-0.15, -0.1) is 0 Å². The first kappa shape index (κ1) is 19.6. The Morgan fingerprint density at radius 1 is 1.00 bits per heavy atom. The summed E-state index contributed by atoms with van der Waals surface area (Å²) in [6.45, 7) is 23.1. The van der Waals surface area contributed by atoms with Crippen LogP contribution in [-0.4, -0.2) is 21.9 Å². The number of hydrogen-bond acceptors (Lipinski definition) is 0. The minimum atomic E-state index is 0.502. The summed E-state index contributed by atoms with van der Waals surface area (Å²) in [5, 5.41) is 0. The Hall–Kier alpha value is -0.330. The SMILES string of the molecule is CC(C)C1C(C)CC23C(C)C2(C)C(C)C(CC2C(C)C(C)C(C)C24CCC4)=[N+]13. The van der Waals surface area contributed by atoms with Gasteiger partial charge in [-0.1, -0.05) is 68.7 Å². The van der Waals surface area contributed by atoms with Gasteiger partial charge in [0.1, 0.15) is 0 Å². The van der Waals surface area contributed by atoms with Crippen LogP contribution in [0.2, 0.25) is 0 Å². The smallest absolute Gasteiger partial charge is 0.173 e. The van der Waals surface area contributed by atoms with Crippen LogP contribution in [0.5, 0.6) is 0 Å². The molecule has 2 spiro atoms. The van der Waals surface area contributed by atoms with E-state index in [2.05, 4.69) is 66.9 Å². The van der Waals surface area contributed by atoms with E-state index < -0.39 is 0 Å². The van der Waals surface area contributed by atoms with Crippen molar-refractivity contribution >= 4 is 5.71 Å². The second kappa shape index (κ2) is 5.67. The molecule has 5 aliphatic rings. The Bertz CT molecular complexity index is 714. The van der Waals surface area contributed by atoms with Crippen LogP contribution in [0, 0.1) is 58.2 Å². The Morgan fingerprint density at radius 3 is 2.18 bits per heavy atom. The first-order valence-electron chi connectivity index (χ1n) is 12.7. The molecule has 0 aromatic carbocycles. The Balaban J connectivity index is 1.58. The van der Waals surface area contributed by atoms with Crippen LogP contribution in [0.25, 0.3) is 0 Å². The lowest BCUT2D eigenvalue weighted by atomic mass is 9.56. The molecule has 0 aromatic heterocycles. The molecule has 1 heteroatoms. The summed E-state index contributed by atoms with van der Waals surface area (Å²) in [5.41, 5.74) is 3.61. The third-order valence-electron chi connectivity index (χ3n) is 12.4. The van der Waals surface area contributed by atoms with Crippen molar-refractivity contribution in [2.45, 2.75) is 106 Å². The van der Waals surface area contributed by atoms with E-state index in [9.17, 15) is 0 Å². The molecule has 3 aliphatic carbocycles. The van der Waals surface area contributed by atoms with Crippen molar-refractivity contribution in [1.29, 1.82) is 0 Å². The lowest BCUT2D eigenvalue weighted by molar-refractivity contribution is -0.604. The van der Waals surface area contributed by atoms with Gasteiger partial charge in [0, 0.05) is 36.5 Å². The fraction of sp³-hybridized carbons (Fsp3) is 0.963. The van der Waals surface area contributed by atoms with Gasteiger partial charge in [-0.2, -0.15) is 0 Å². The van der Waals surface area contributed by atoms with E-state index in [0.29, 0.717) is 16.4 Å². The van der Waals surface area contributed by atoms with Crippen LogP contribution in [0.1, 0.15) is 94.4 Å². The lowest BCUT2D eigenvalue weighted by Crippen LogP contribution is -2.43. The Morgan fingerprint density at radius 2 is 1.64 bits per heavy atom. The van der Waals surface area contributed by atoms with Gasteiger partial charge in [0.2, 0.25) is 0 Å². The van der Waals surface area contributed by atoms with Gasteiger partial charge >= 0.3 is 0 Å². The standard InChI is InChI=1S/C27H46N/c1-15(2)24-16(3)14-27-21(8)25(27,9)20(7)23(28(24)27)13-22-18(5)17(4)19(6)26(22)11-10-12-26/h15-22,24H,10-14H2,1-9H3/q+1. The van der Waals surface area contributed by atoms with Crippen LogP contribution in [0.4, 0.5) is 0 Å². The molecule has 10 atom stereocenters. The van der Waals surface area contributed by atoms with Crippen molar-refractivity contribution in [2.75, 3.05) is 0 Å². The lowest BCUT2D eigenvalue weighted by Gasteiger charge is -2.48. The molecular formula is C27H46N+. The van der Waals surface area contributed by atoms with Gasteiger partial charge in [-0.3, -0.25) is 0 Å². The summed E-state index contributed by atoms with van der Waals surface area (Å²) >= 11 is 0. The maximum Gasteiger partial charge on any atom is 0.173 e. The largest absolute Gasteiger partial charge is 0.227 e. The van der Waals surface area contributed by atoms with E-state index in [1.54, 1.807) is 0 Å². The molecule has 4 fully saturated rings. The molecule has 3 saturated carbocycles. The summed E-state index contributed by atoms with van der Waals surface area (Å²) in [5.74, 6) is 6.93. The molecule has 2 heterocycles. The normalized spacial score (nSPS) is 56.4. The molecule has 0 aromatic rings. The Kier molecular flexibility index (Phi) is 3.97. The van der Waals surface area contributed by atoms with Gasteiger partial charge < -0.3 is 0 Å². The van der Waals surface area contributed by atoms with Crippen molar-refractivity contribution in [3.63, 3.8) is 0 Å². The first-order valence-corrected chi connectivity index (χ1v) is 12.7. The third-order valence-corrected chi connectivity index (χ3v) is 12.4. The van der Waals surface area contributed by atoms with E-state index in [-0.39, 0.29) is 0 Å². The van der Waals surface area contributed by atoms with Crippen molar-refractivity contribution in [1.82, 2.24) is 0 Å². The van der Waals surface area contributed by atoms with Crippen LogP contribution >= 0.6 is 0 Å². The number of hydrogen-bond donors (Lipinski definition) is 0. The summed E-state index contributed by atoms with van der Waals surface area (Å²) in [6.07, 6.45) is 7.37. The van der Waals surface area contributed by atoms with E-state index >= 15 is 0 Å². The second-order valence-electron chi connectivity index (χ2n) is 12.8. The molecule has 0 N–H and O–H groups in total. The zero-order valence-corrected chi connectivity index (χ0v) is 20.2. The zero-order chi connectivity index (χ0) is 20.4. The topological polar surface area (TPSA) is 3.01 Å². The summed E-state index contributed by atoms with van der Waals surface area (Å²) in [7, 11) is 0. The van der Waals surface area contributed by atoms with Crippen LogP contribution < -0.4 is 0 Å². The maximum absolute atomic E-state index is 3.10. The van der Waals surface area contributed by atoms with E-state index in [1.807, 2.05) is 5.71 Å². The quantitative estimate of drug-likeness (QED) is 0.479. The summed E-state index contributed by atoms with van der Waals surface area (Å²) in [4.78, 5) is 0. The molecule has 5 rings (SSSR count). The van der Waals surface area contributed by atoms with Gasteiger partial charge in [0.15, 0.2) is 17.3 Å². The van der Waals surface area contributed by atoms with E-state index in [0.717, 1.165) is 53.4 Å². The number of rotatable bonds is 3. The molecule has 0 bridgehead atoms.